The molecule has 6 nitrogen and oxygen atoms in total. The Morgan fingerprint density at radius 3 is 2.75 bits per heavy atom. The summed E-state index contributed by atoms with van der Waals surface area (Å²) in [4.78, 5) is 26.9. The van der Waals surface area contributed by atoms with Crippen molar-refractivity contribution in [1.29, 1.82) is 0 Å². The topological polar surface area (TPSA) is 97.1 Å². The molecule has 1 aliphatic rings. The van der Waals surface area contributed by atoms with E-state index >= 15 is 0 Å². The Labute approximate surface area is 123 Å². The molecule has 20 heavy (non-hydrogen) atoms. The molecule has 0 spiro atoms. The second-order valence-corrected chi connectivity index (χ2v) is 4.85. The molecule has 2 rings (SSSR count). The van der Waals surface area contributed by atoms with E-state index in [1.807, 2.05) is 0 Å². The number of aromatic nitrogens is 1. The lowest BCUT2D eigenvalue weighted by Crippen LogP contribution is -2.46. The Morgan fingerprint density at radius 2 is 2.20 bits per heavy atom. The minimum atomic E-state index is -0.549. The van der Waals surface area contributed by atoms with Crippen LogP contribution in [-0.2, 0) is 0 Å². The fourth-order valence-electron chi connectivity index (χ4n) is 2.20. The molecular formula is C13H19ClN4O2. The molecule has 2 heterocycles. The summed E-state index contributed by atoms with van der Waals surface area (Å²) in [5.41, 5.74) is 5.72. The Bertz CT molecular complexity index is 478. The third kappa shape index (κ3) is 4.18. The fourth-order valence-corrected chi connectivity index (χ4v) is 2.20. The highest BCUT2D eigenvalue weighted by atomic mass is 35.5. The molecule has 4 N–H and O–H groups in total. The molecule has 110 valence electrons. The third-order valence-corrected chi connectivity index (χ3v) is 3.24. The van der Waals surface area contributed by atoms with Crippen molar-refractivity contribution in [3.8, 4) is 0 Å². The van der Waals surface area contributed by atoms with Gasteiger partial charge in [-0.15, -0.1) is 12.4 Å². The van der Waals surface area contributed by atoms with Crippen LogP contribution in [0.5, 0.6) is 0 Å². The summed E-state index contributed by atoms with van der Waals surface area (Å²) >= 11 is 0. The van der Waals surface area contributed by atoms with Gasteiger partial charge < -0.3 is 16.4 Å². The fraction of sp³-hybridized carbons (Fsp3) is 0.462. The SMILES string of the molecule is CC1CC(NC(=O)c2ccc(C(N)=O)cn2)CCN1.Cl. The molecule has 1 aromatic heterocycles. The van der Waals surface area contributed by atoms with Crippen LogP contribution in [0.2, 0.25) is 0 Å². The number of nitrogens with one attached hydrogen (secondary N) is 2. The Kier molecular flexibility index (Phi) is 5.91. The molecule has 0 aliphatic carbocycles. The third-order valence-electron chi connectivity index (χ3n) is 3.24. The molecule has 0 bridgehead atoms. The molecule has 2 unspecified atom stereocenters. The van der Waals surface area contributed by atoms with Crippen LogP contribution in [0.1, 0.15) is 40.6 Å². The van der Waals surface area contributed by atoms with E-state index in [1.54, 1.807) is 0 Å². The van der Waals surface area contributed by atoms with Gasteiger partial charge >= 0.3 is 0 Å². The van der Waals surface area contributed by atoms with Crippen molar-refractivity contribution in [2.24, 2.45) is 5.73 Å². The number of hydrogen-bond donors (Lipinski definition) is 3. The predicted octanol–water partition coefficient (Wildman–Crippen LogP) is 0.473. The minimum Gasteiger partial charge on any atom is -0.366 e. The second kappa shape index (κ2) is 7.21. The molecule has 0 aromatic carbocycles. The van der Waals surface area contributed by atoms with Crippen LogP contribution < -0.4 is 16.4 Å². The van der Waals surface area contributed by atoms with Gasteiger partial charge in [0.1, 0.15) is 5.69 Å². The number of carbonyl (C=O) groups excluding carboxylic acids is 2. The first kappa shape index (κ1) is 16.4. The zero-order chi connectivity index (χ0) is 13.8. The van der Waals surface area contributed by atoms with Crippen molar-refractivity contribution in [1.82, 2.24) is 15.6 Å². The normalized spacial score (nSPS) is 21.6. The second-order valence-electron chi connectivity index (χ2n) is 4.85. The van der Waals surface area contributed by atoms with Crippen LogP contribution >= 0.6 is 12.4 Å². The maximum Gasteiger partial charge on any atom is 0.270 e. The molecule has 2 amide bonds. The summed E-state index contributed by atoms with van der Waals surface area (Å²) in [7, 11) is 0. The average Bonchev–Trinajstić information content (AvgIpc) is 2.39. The standard InChI is InChI=1S/C13H18N4O2.ClH/c1-8-6-10(4-5-15-8)17-13(19)11-3-2-9(7-16-11)12(14)18;/h2-3,7-8,10,15H,4-6H2,1H3,(H2,14,18)(H,17,19);1H. The summed E-state index contributed by atoms with van der Waals surface area (Å²) < 4.78 is 0. The number of nitrogens with two attached hydrogens (primary N) is 1. The number of piperidine rings is 1. The number of rotatable bonds is 3. The van der Waals surface area contributed by atoms with E-state index in [-0.39, 0.29) is 24.4 Å². The number of halogens is 1. The van der Waals surface area contributed by atoms with Crippen molar-refractivity contribution in [2.45, 2.75) is 31.8 Å². The molecule has 0 radical (unpaired) electrons. The van der Waals surface area contributed by atoms with E-state index < -0.39 is 5.91 Å². The summed E-state index contributed by atoms with van der Waals surface area (Å²) in [5.74, 6) is -0.762. The number of carbonyl (C=O) groups is 2. The van der Waals surface area contributed by atoms with E-state index in [9.17, 15) is 9.59 Å². The smallest absolute Gasteiger partial charge is 0.270 e. The van der Waals surface area contributed by atoms with Crippen LogP contribution in [0.4, 0.5) is 0 Å². The van der Waals surface area contributed by atoms with Crippen molar-refractivity contribution in [3.63, 3.8) is 0 Å². The van der Waals surface area contributed by atoms with Crippen molar-refractivity contribution >= 4 is 24.2 Å². The first-order chi connectivity index (χ1) is 9.06. The lowest BCUT2D eigenvalue weighted by molar-refractivity contribution is 0.0918. The highest BCUT2D eigenvalue weighted by Crippen LogP contribution is 2.09. The van der Waals surface area contributed by atoms with Crippen LogP contribution in [0.25, 0.3) is 0 Å². The minimum absolute atomic E-state index is 0. The first-order valence-electron chi connectivity index (χ1n) is 6.36. The monoisotopic (exact) mass is 298 g/mol. The highest BCUT2D eigenvalue weighted by Gasteiger charge is 2.20. The summed E-state index contributed by atoms with van der Waals surface area (Å²) in [6.07, 6.45) is 3.14. The summed E-state index contributed by atoms with van der Waals surface area (Å²) in [6, 6.07) is 3.60. The lowest BCUT2D eigenvalue weighted by Gasteiger charge is -2.28. The van der Waals surface area contributed by atoms with Gasteiger partial charge in [-0.05, 0) is 38.4 Å². The van der Waals surface area contributed by atoms with Gasteiger partial charge in [-0.1, -0.05) is 0 Å². The van der Waals surface area contributed by atoms with Gasteiger partial charge in [-0.25, -0.2) is 0 Å². The lowest BCUT2D eigenvalue weighted by atomic mass is 10.0. The number of primary amides is 1. The Balaban J connectivity index is 0.00000200. The summed E-state index contributed by atoms with van der Waals surface area (Å²) in [6.45, 7) is 3.00. The van der Waals surface area contributed by atoms with Gasteiger partial charge in [0.2, 0.25) is 5.91 Å². The van der Waals surface area contributed by atoms with Gasteiger partial charge in [0.05, 0.1) is 5.56 Å². The number of nitrogens with zero attached hydrogens (tertiary/aromatic N) is 1. The Morgan fingerprint density at radius 1 is 1.45 bits per heavy atom. The van der Waals surface area contributed by atoms with E-state index in [2.05, 4.69) is 22.5 Å². The van der Waals surface area contributed by atoms with Gasteiger partial charge in [0.15, 0.2) is 0 Å². The number of hydrogen-bond acceptors (Lipinski definition) is 4. The molecule has 1 saturated heterocycles. The van der Waals surface area contributed by atoms with E-state index in [0.29, 0.717) is 17.3 Å². The molecule has 7 heteroatoms. The van der Waals surface area contributed by atoms with E-state index in [4.69, 9.17) is 5.73 Å². The van der Waals surface area contributed by atoms with Crippen LogP contribution in [0.3, 0.4) is 0 Å². The molecule has 0 saturated carbocycles. The first-order valence-corrected chi connectivity index (χ1v) is 6.36. The Hall–Kier alpha value is -1.66. The molecular weight excluding hydrogens is 280 g/mol. The summed E-state index contributed by atoms with van der Waals surface area (Å²) in [5, 5.41) is 6.28. The van der Waals surface area contributed by atoms with E-state index in [0.717, 1.165) is 19.4 Å². The van der Waals surface area contributed by atoms with Crippen molar-refractivity contribution in [2.75, 3.05) is 6.54 Å². The largest absolute Gasteiger partial charge is 0.366 e. The van der Waals surface area contributed by atoms with Crippen molar-refractivity contribution < 1.29 is 9.59 Å². The molecule has 2 atom stereocenters. The van der Waals surface area contributed by atoms with Gasteiger partial charge in [-0.3, -0.25) is 14.6 Å². The maximum atomic E-state index is 12.0. The maximum absolute atomic E-state index is 12.0. The zero-order valence-electron chi connectivity index (χ0n) is 11.3. The molecule has 1 aliphatic heterocycles. The average molecular weight is 299 g/mol. The molecule has 1 aromatic rings. The van der Waals surface area contributed by atoms with Crippen LogP contribution in [-0.4, -0.2) is 35.4 Å². The van der Waals surface area contributed by atoms with Crippen LogP contribution in [0.15, 0.2) is 18.3 Å². The van der Waals surface area contributed by atoms with Crippen molar-refractivity contribution in [3.05, 3.63) is 29.6 Å². The van der Waals surface area contributed by atoms with Gasteiger partial charge in [0, 0.05) is 18.3 Å². The quantitative estimate of drug-likeness (QED) is 0.756. The number of amides is 2. The zero-order valence-corrected chi connectivity index (χ0v) is 12.1. The van der Waals surface area contributed by atoms with Crippen LogP contribution in [0, 0.1) is 0 Å². The van der Waals surface area contributed by atoms with Gasteiger partial charge in [0.25, 0.3) is 5.91 Å². The molecule has 1 fully saturated rings. The van der Waals surface area contributed by atoms with Gasteiger partial charge in [-0.2, -0.15) is 0 Å². The number of pyridine rings is 1. The van der Waals surface area contributed by atoms with E-state index in [1.165, 1.54) is 18.3 Å². The predicted molar refractivity (Wildman–Crippen MR) is 78.0 cm³/mol. The highest BCUT2D eigenvalue weighted by molar-refractivity contribution is 5.95.